The van der Waals surface area contributed by atoms with Crippen LogP contribution in [0, 0.1) is 6.92 Å². The van der Waals surface area contributed by atoms with Gasteiger partial charge in [-0.2, -0.15) is 11.8 Å². The van der Waals surface area contributed by atoms with E-state index in [0.717, 1.165) is 11.5 Å². The molecular weight excluding hydrogens is 304 g/mol. The molecule has 0 aliphatic rings. The number of thioether (sulfide) groups is 1. The highest BCUT2D eigenvalue weighted by atomic mass is 35.5. The summed E-state index contributed by atoms with van der Waals surface area (Å²) in [6.45, 7) is 5.54. The topological polar surface area (TPSA) is 72.2 Å². The summed E-state index contributed by atoms with van der Waals surface area (Å²) in [5.41, 5.74) is 6.65. The zero-order valence-electron chi connectivity index (χ0n) is 11.2. The van der Waals surface area contributed by atoms with Gasteiger partial charge < -0.3 is 5.73 Å². The first-order valence-electron chi connectivity index (χ1n) is 5.93. The standard InChI is InChI=1S/C12H19ClN2O2S2/c1-4-18-7-8(2)15-19(16,17)12-6-10(13)5-11(14)9(12)3/h5-6,8,15H,4,7,14H2,1-3H3. The average molecular weight is 323 g/mol. The molecule has 1 aromatic rings. The van der Waals surface area contributed by atoms with Crippen molar-refractivity contribution in [1.29, 1.82) is 0 Å². The van der Waals surface area contributed by atoms with Gasteiger partial charge in [0.2, 0.25) is 10.0 Å². The fraction of sp³-hybridized carbons (Fsp3) is 0.500. The third-order valence-corrected chi connectivity index (χ3v) is 5.66. The molecule has 1 atom stereocenters. The van der Waals surface area contributed by atoms with Gasteiger partial charge in [0.25, 0.3) is 0 Å². The molecule has 19 heavy (non-hydrogen) atoms. The van der Waals surface area contributed by atoms with Gasteiger partial charge in [-0.15, -0.1) is 0 Å². The summed E-state index contributed by atoms with van der Waals surface area (Å²) in [7, 11) is -3.59. The summed E-state index contributed by atoms with van der Waals surface area (Å²) in [5, 5.41) is 0.319. The van der Waals surface area contributed by atoms with E-state index in [4.69, 9.17) is 17.3 Å². The highest BCUT2D eigenvalue weighted by Crippen LogP contribution is 2.26. The van der Waals surface area contributed by atoms with Crippen LogP contribution >= 0.6 is 23.4 Å². The summed E-state index contributed by atoms with van der Waals surface area (Å²) in [6.07, 6.45) is 0. The Morgan fingerprint density at radius 1 is 1.47 bits per heavy atom. The molecule has 0 aliphatic carbocycles. The van der Waals surface area contributed by atoms with Crippen LogP contribution in [-0.2, 0) is 10.0 Å². The number of hydrogen-bond acceptors (Lipinski definition) is 4. The summed E-state index contributed by atoms with van der Waals surface area (Å²) in [6, 6.07) is 2.83. The Hall–Kier alpha value is -0.430. The Balaban J connectivity index is 3.01. The molecule has 0 heterocycles. The maximum Gasteiger partial charge on any atom is 0.241 e. The van der Waals surface area contributed by atoms with Gasteiger partial charge in [-0.05, 0) is 37.3 Å². The van der Waals surface area contributed by atoms with E-state index in [0.29, 0.717) is 16.3 Å². The van der Waals surface area contributed by atoms with E-state index in [1.807, 2.05) is 13.8 Å². The molecular formula is C12H19ClN2O2S2. The first-order valence-corrected chi connectivity index (χ1v) is 8.95. The molecule has 0 fully saturated rings. The molecule has 1 aromatic carbocycles. The smallest absolute Gasteiger partial charge is 0.241 e. The van der Waals surface area contributed by atoms with E-state index < -0.39 is 10.0 Å². The lowest BCUT2D eigenvalue weighted by Gasteiger charge is -2.16. The molecule has 0 aromatic heterocycles. The van der Waals surface area contributed by atoms with Crippen LogP contribution in [0.3, 0.4) is 0 Å². The molecule has 4 nitrogen and oxygen atoms in total. The fourth-order valence-corrected chi connectivity index (χ4v) is 4.22. The lowest BCUT2D eigenvalue weighted by atomic mass is 10.2. The number of anilines is 1. The van der Waals surface area contributed by atoms with E-state index in [9.17, 15) is 8.42 Å². The highest BCUT2D eigenvalue weighted by molar-refractivity contribution is 7.99. The molecule has 108 valence electrons. The van der Waals surface area contributed by atoms with Gasteiger partial charge in [0, 0.05) is 22.5 Å². The van der Waals surface area contributed by atoms with Crippen LogP contribution in [0.25, 0.3) is 0 Å². The van der Waals surface area contributed by atoms with Gasteiger partial charge in [0.1, 0.15) is 0 Å². The van der Waals surface area contributed by atoms with Crippen LogP contribution in [0.2, 0.25) is 5.02 Å². The molecule has 0 saturated carbocycles. The van der Waals surface area contributed by atoms with Crippen molar-refractivity contribution in [1.82, 2.24) is 4.72 Å². The first kappa shape index (κ1) is 16.6. The maximum atomic E-state index is 12.3. The zero-order valence-corrected chi connectivity index (χ0v) is 13.6. The van der Waals surface area contributed by atoms with E-state index in [1.165, 1.54) is 6.07 Å². The van der Waals surface area contributed by atoms with Crippen LogP contribution in [-0.4, -0.2) is 26.0 Å². The lowest BCUT2D eigenvalue weighted by Crippen LogP contribution is -2.34. The SMILES string of the molecule is CCSCC(C)NS(=O)(=O)c1cc(Cl)cc(N)c1C. The molecule has 0 amide bonds. The molecule has 0 saturated heterocycles. The lowest BCUT2D eigenvalue weighted by molar-refractivity contribution is 0.570. The Kier molecular flexibility index (Phi) is 5.98. The van der Waals surface area contributed by atoms with Gasteiger partial charge in [0.15, 0.2) is 0 Å². The number of nitrogens with two attached hydrogens (primary N) is 1. The van der Waals surface area contributed by atoms with Gasteiger partial charge >= 0.3 is 0 Å². The number of halogens is 1. The number of hydrogen-bond donors (Lipinski definition) is 2. The van der Waals surface area contributed by atoms with Crippen molar-refractivity contribution in [3.63, 3.8) is 0 Å². The van der Waals surface area contributed by atoms with Crippen LogP contribution in [0.1, 0.15) is 19.4 Å². The Labute approximate surface area is 124 Å². The molecule has 1 unspecified atom stereocenters. The second-order valence-corrected chi connectivity index (χ2v) is 7.74. The highest BCUT2D eigenvalue weighted by Gasteiger charge is 2.21. The number of benzene rings is 1. The predicted molar refractivity (Wildman–Crippen MR) is 83.4 cm³/mol. The minimum absolute atomic E-state index is 0.144. The predicted octanol–water partition coefficient (Wildman–Crippen LogP) is 2.65. The van der Waals surface area contributed by atoms with Gasteiger partial charge in [0.05, 0.1) is 4.90 Å². The maximum absolute atomic E-state index is 12.3. The van der Waals surface area contributed by atoms with Gasteiger partial charge in [-0.3, -0.25) is 0 Å². The second-order valence-electron chi connectivity index (χ2n) is 4.30. The van der Waals surface area contributed by atoms with E-state index in [-0.39, 0.29) is 10.9 Å². The average Bonchev–Trinajstić information content (AvgIpc) is 2.30. The monoisotopic (exact) mass is 322 g/mol. The minimum Gasteiger partial charge on any atom is -0.398 e. The number of rotatable bonds is 6. The summed E-state index contributed by atoms with van der Waals surface area (Å²) in [5.74, 6) is 1.68. The molecule has 0 spiro atoms. The number of sulfonamides is 1. The van der Waals surface area contributed by atoms with Crippen molar-refractivity contribution in [2.24, 2.45) is 0 Å². The van der Waals surface area contributed by atoms with Crippen molar-refractivity contribution < 1.29 is 8.42 Å². The quantitative estimate of drug-likeness (QED) is 0.790. The fourth-order valence-electron chi connectivity index (χ4n) is 1.61. The zero-order chi connectivity index (χ0) is 14.6. The van der Waals surface area contributed by atoms with E-state index in [2.05, 4.69) is 4.72 Å². The normalized spacial score (nSPS) is 13.5. The molecule has 3 N–H and O–H groups in total. The van der Waals surface area contributed by atoms with Crippen molar-refractivity contribution in [2.75, 3.05) is 17.2 Å². The largest absolute Gasteiger partial charge is 0.398 e. The summed E-state index contributed by atoms with van der Waals surface area (Å²) < 4.78 is 27.2. The number of nitrogen functional groups attached to an aromatic ring is 1. The Bertz CT molecular complexity index is 547. The minimum atomic E-state index is -3.59. The summed E-state index contributed by atoms with van der Waals surface area (Å²) in [4.78, 5) is 0.144. The number of nitrogens with one attached hydrogen (secondary N) is 1. The van der Waals surface area contributed by atoms with E-state index in [1.54, 1.807) is 24.8 Å². The Morgan fingerprint density at radius 2 is 2.11 bits per heavy atom. The van der Waals surface area contributed by atoms with Crippen molar-refractivity contribution in [2.45, 2.75) is 31.7 Å². The first-order chi connectivity index (χ1) is 8.77. The molecule has 0 radical (unpaired) electrons. The van der Waals surface area contributed by atoms with E-state index >= 15 is 0 Å². The van der Waals surface area contributed by atoms with Crippen LogP contribution in [0.4, 0.5) is 5.69 Å². The third-order valence-electron chi connectivity index (χ3n) is 2.58. The van der Waals surface area contributed by atoms with Crippen molar-refractivity contribution in [3.05, 3.63) is 22.7 Å². The Morgan fingerprint density at radius 3 is 2.68 bits per heavy atom. The molecule has 7 heteroatoms. The molecule has 0 bridgehead atoms. The third kappa shape index (κ3) is 4.56. The summed E-state index contributed by atoms with van der Waals surface area (Å²) >= 11 is 7.56. The second kappa shape index (κ2) is 6.83. The van der Waals surface area contributed by atoms with Gasteiger partial charge in [-0.1, -0.05) is 18.5 Å². The van der Waals surface area contributed by atoms with Gasteiger partial charge in [-0.25, -0.2) is 13.1 Å². The van der Waals surface area contributed by atoms with Crippen LogP contribution in [0.15, 0.2) is 17.0 Å². The molecule has 0 aliphatic heterocycles. The molecule has 1 rings (SSSR count). The van der Waals surface area contributed by atoms with Crippen LogP contribution in [0.5, 0.6) is 0 Å². The van der Waals surface area contributed by atoms with Crippen molar-refractivity contribution in [3.8, 4) is 0 Å². The van der Waals surface area contributed by atoms with Crippen molar-refractivity contribution >= 4 is 39.1 Å². The van der Waals surface area contributed by atoms with Crippen LogP contribution < -0.4 is 10.5 Å².